The number of imidazole rings is 1. The van der Waals surface area contributed by atoms with Crippen molar-refractivity contribution in [2.24, 2.45) is 5.92 Å². The van der Waals surface area contributed by atoms with E-state index in [-0.39, 0.29) is 29.9 Å². The zero-order valence-corrected chi connectivity index (χ0v) is 18.4. The number of nitrogens with two attached hydrogens (primary N) is 2. The molecule has 0 aliphatic carbocycles. The van der Waals surface area contributed by atoms with Crippen molar-refractivity contribution in [1.82, 2.24) is 34.1 Å². The number of fused-ring (bicyclic) bond motifs is 2. The third-order valence-corrected chi connectivity index (χ3v) is 6.26. The van der Waals surface area contributed by atoms with Crippen LogP contribution < -0.4 is 11.5 Å². The van der Waals surface area contributed by atoms with Crippen LogP contribution in [-0.4, -0.2) is 72.4 Å². The van der Waals surface area contributed by atoms with Crippen LogP contribution in [-0.2, 0) is 4.74 Å². The molecule has 10 nitrogen and oxygen atoms in total. The molecule has 4 N–H and O–H groups in total. The Bertz CT molecular complexity index is 1330. The molecule has 0 bridgehead atoms. The topological polar surface area (TPSA) is 125 Å². The van der Waals surface area contributed by atoms with E-state index in [1.165, 1.54) is 10.7 Å². The highest BCUT2D eigenvalue weighted by atomic mass is 19.3. The number of ether oxygens (including phenoxy) is 1. The van der Waals surface area contributed by atoms with Crippen LogP contribution in [0.5, 0.6) is 0 Å². The third kappa shape index (κ3) is 4.01. The molecule has 0 radical (unpaired) electrons. The lowest BCUT2D eigenvalue weighted by Gasteiger charge is -2.43. The van der Waals surface area contributed by atoms with Gasteiger partial charge in [-0.3, -0.25) is 4.90 Å². The molecule has 2 saturated heterocycles. The van der Waals surface area contributed by atoms with Crippen LogP contribution in [0.4, 0.5) is 24.9 Å². The molecule has 6 rings (SSSR count). The Kier molecular flexibility index (Phi) is 5.52. The molecule has 0 aromatic carbocycles. The minimum Gasteiger partial charge on any atom is -0.382 e. The summed E-state index contributed by atoms with van der Waals surface area (Å²) in [4.78, 5) is 9.82. The summed E-state index contributed by atoms with van der Waals surface area (Å²) in [5.74, 6) is -3.42. The van der Waals surface area contributed by atoms with Crippen molar-refractivity contribution in [2.45, 2.75) is 25.3 Å². The molecule has 2 aliphatic heterocycles. The molecule has 2 fully saturated rings. The van der Waals surface area contributed by atoms with Crippen LogP contribution in [0.2, 0.25) is 0 Å². The molecular formula is C21H24F3N9O. The molecule has 4 aromatic rings. The van der Waals surface area contributed by atoms with Gasteiger partial charge in [0.05, 0.1) is 43.3 Å². The van der Waals surface area contributed by atoms with E-state index in [4.69, 9.17) is 16.2 Å². The number of likely N-dealkylation sites (tertiary alicyclic amines) is 1. The first-order chi connectivity index (χ1) is 16.2. The fraction of sp³-hybridized carbons (Fsp3) is 0.429. The van der Waals surface area contributed by atoms with Crippen LogP contribution in [0.25, 0.3) is 22.4 Å². The standard InChI is InChI=1S/C12H9FN8.C9H15F2NO/c13-6-5-21-10(11(14)17-12(15)19-21)9(6)7-1-2-8-16-3-4-20(8)18-7;1-7-2-3-12(6-9(7,10)11)8-4-13-5-8/h1-5H,(H4,14,15,17,19);7-8H,2-6H2,1H3. The van der Waals surface area contributed by atoms with Crippen LogP contribution in [0.3, 0.4) is 0 Å². The number of halogens is 3. The van der Waals surface area contributed by atoms with Gasteiger partial charge in [0, 0.05) is 18.3 Å². The summed E-state index contributed by atoms with van der Waals surface area (Å²) in [6.45, 7) is 3.61. The molecular weight excluding hydrogens is 451 g/mol. The number of nitrogens with zero attached hydrogens (tertiary/aromatic N) is 7. The van der Waals surface area contributed by atoms with E-state index in [2.05, 4.69) is 20.2 Å². The quantitative estimate of drug-likeness (QED) is 0.452. The average Bonchev–Trinajstić information content (AvgIpc) is 3.32. The minimum absolute atomic E-state index is 0.0282. The zero-order valence-electron chi connectivity index (χ0n) is 18.4. The first kappa shape index (κ1) is 22.3. The number of nitrogen functional groups attached to an aromatic ring is 2. The Morgan fingerprint density at radius 2 is 1.94 bits per heavy atom. The van der Waals surface area contributed by atoms with Gasteiger partial charge in [0.25, 0.3) is 5.92 Å². The van der Waals surface area contributed by atoms with Gasteiger partial charge in [-0.15, -0.1) is 5.10 Å². The second kappa shape index (κ2) is 8.40. The van der Waals surface area contributed by atoms with Gasteiger partial charge in [-0.2, -0.15) is 10.1 Å². The second-order valence-electron chi connectivity index (χ2n) is 8.56. The van der Waals surface area contributed by atoms with E-state index in [1.807, 2.05) is 4.90 Å². The zero-order chi connectivity index (χ0) is 24.0. The van der Waals surface area contributed by atoms with Gasteiger partial charge in [-0.05, 0) is 25.1 Å². The van der Waals surface area contributed by atoms with Crippen LogP contribution in [0, 0.1) is 11.7 Å². The number of hydrogen-bond acceptors (Lipinski definition) is 8. The number of aromatic nitrogens is 6. The average molecular weight is 475 g/mol. The summed E-state index contributed by atoms with van der Waals surface area (Å²) in [5.41, 5.74) is 13.0. The SMILES string of the molecule is CC1CCN(C2COC2)CC1(F)F.Nc1nc(N)c2c(-c3ccc4nccn4n3)c(F)cn2n1. The second-order valence-corrected chi connectivity index (χ2v) is 8.56. The van der Waals surface area contributed by atoms with Crippen LogP contribution >= 0.6 is 0 Å². The maximum absolute atomic E-state index is 14.3. The van der Waals surface area contributed by atoms with Crippen molar-refractivity contribution < 1.29 is 17.9 Å². The first-order valence-electron chi connectivity index (χ1n) is 10.8. The van der Waals surface area contributed by atoms with Gasteiger partial charge in [-0.1, -0.05) is 6.92 Å². The number of hydrogen-bond donors (Lipinski definition) is 2. The Balaban J connectivity index is 0.000000159. The van der Waals surface area contributed by atoms with Gasteiger partial charge in [-0.25, -0.2) is 27.2 Å². The molecule has 6 heterocycles. The Morgan fingerprint density at radius 3 is 2.65 bits per heavy atom. The summed E-state index contributed by atoms with van der Waals surface area (Å²) in [7, 11) is 0. The predicted molar refractivity (Wildman–Crippen MR) is 119 cm³/mol. The molecule has 0 saturated carbocycles. The maximum Gasteiger partial charge on any atom is 0.263 e. The minimum atomic E-state index is -2.51. The Labute approximate surface area is 192 Å². The lowest BCUT2D eigenvalue weighted by molar-refractivity contribution is -0.149. The van der Waals surface area contributed by atoms with E-state index < -0.39 is 17.7 Å². The van der Waals surface area contributed by atoms with Crippen molar-refractivity contribution in [1.29, 1.82) is 0 Å². The normalized spacial score (nSPS) is 20.8. The summed E-state index contributed by atoms with van der Waals surface area (Å²) in [6, 6.07) is 3.65. The molecule has 180 valence electrons. The third-order valence-electron chi connectivity index (χ3n) is 6.26. The van der Waals surface area contributed by atoms with E-state index in [0.29, 0.717) is 36.5 Å². The van der Waals surface area contributed by atoms with Crippen molar-refractivity contribution in [2.75, 3.05) is 37.8 Å². The van der Waals surface area contributed by atoms with E-state index in [1.54, 1.807) is 36.0 Å². The van der Waals surface area contributed by atoms with Crippen molar-refractivity contribution in [3.63, 3.8) is 0 Å². The Hall–Kier alpha value is -3.45. The van der Waals surface area contributed by atoms with Gasteiger partial charge in [0.2, 0.25) is 5.95 Å². The monoisotopic (exact) mass is 475 g/mol. The molecule has 2 aliphatic rings. The van der Waals surface area contributed by atoms with Crippen molar-refractivity contribution in [3.05, 3.63) is 36.5 Å². The highest BCUT2D eigenvalue weighted by Crippen LogP contribution is 2.34. The molecule has 0 amide bonds. The molecule has 4 aromatic heterocycles. The van der Waals surface area contributed by atoms with Crippen molar-refractivity contribution in [3.8, 4) is 11.3 Å². The van der Waals surface area contributed by atoms with Gasteiger partial charge >= 0.3 is 0 Å². The lowest BCUT2D eigenvalue weighted by Crippen LogP contribution is -2.57. The number of piperidine rings is 1. The largest absolute Gasteiger partial charge is 0.382 e. The van der Waals surface area contributed by atoms with E-state index in [0.717, 1.165) is 6.54 Å². The van der Waals surface area contributed by atoms with Crippen molar-refractivity contribution >= 4 is 22.9 Å². The molecule has 1 atom stereocenters. The smallest absolute Gasteiger partial charge is 0.263 e. The van der Waals surface area contributed by atoms with E-state index in [9.17, 15) is 13.2 Å². The lowest BCUT2D eigenvalue weighted by atomic mass is 9.93. The number of anilines is 2. The van der Waals surface area contributed by atoms with Crippen LogP contribution in [0.1, 0.15) is 13.3 Å². The summed E-state index contributed by atoms with van der Waals surface area (Å²) >= 11 is 0. The summed E-state index contributed by atoms with van der Waals surface area (Å²) in [5, 5.41) is 8.22. The van der Waals surface area contributed by atoms with Gasteiger partial charge < -0.3 is 16.2 Å². The molecule has 13 heteroatoms. The number of alkyl halides is 2. The fourth-order valence-corrected chi connectivity index (χ4v) is 4.11. The Morgan fingerprint density at radius 1 is 1.15 bits per heavy atom. The summed E-state index contributed by atoms with van der Waals surface area (Å²) in [6.07, 6.45) is 5.08. The molecule has 1 unspecified atom stereocenters. The first-order valence-corrected chi connectivity index (χ1v) is 10.8. The molecule has 0 spiro atoms. The highest BCUT2D eigenvalue weighted by Gasteiger charge is 2.44. The van der Waals surface area contributed by atoms with Crippen LogP contribution in [0.15, 0.2) is 30.7 Å². The molecule has 34 heavy (non-hydrogen) atoms. The van der Waals surface area contributed by atoms with Gasteiger partial charge in [0.15, 0.2) is 17.3 Å². The fourth-order valence-electron chi connectivity index (χ4n) is 4.11. The maximum atomic E-state index is 14.3. The summed E-state index contributed by atoms with van der Waals surface area (Å²) < 4.78 is 48.7. The van der Waals surface area contributed by atoms with Gasteiger partial charge in [0.1, 0.15) is 5.52 Å². The highest BCUT2D eigenvalue weighted by molar-refractivity contribution is 5.87. The number of rotatable bonds is 2. The van der Waals surface area contributed by atoms with E-state index >= 15 is 0 Å². The predicted octanol–water partition coefficient (Wildman–Crippen LogP) is 2.10.